The molecule has 1 amide bonds. The van der Waals surface area contributed by atoms with Crippen molar-refractivity contribution < 1.29 is 49.2 Å². The van der Waals surface area contributed by atoms with Crippen molar-refractivity contribution in [3.8, 4) is 0 Å². The van der Waals surface area contributed by atoms with E-state index in [-0.39, 0.29) is 32.7 Å². The Morgan fingerprint density at radius 2 is 2.17 bits per heavy atom. The van der Waals surface area contributed by atoms with Crippen molar-refractivity contribution in [1.29, 1.82) is 0 Å². The maximum absolute atomic E-state index is 10.6. The smallest absolute Gasteiger partial charge is 0.260 e. The summed E-state index contributed by atoms with van der Waals surface area (Å²) in [7, 11) is 5.69. The first-order chi connectivity index (χ1) is 5.63. The van der Waals surface area contributed by atoms with E-state index < -0.39 is 18.1 Å². The van der Waals surface area contributed by atoms with Crippen LogP contribution in [-0.2, 0) is 37.5 Å². The molecular formula is C6H14N2O3Y-2. The molecule has 0 saturated carbocycles. The molecule has 0 aromatic carbocycles. The van der Waals surface area contributed by atoms with Gasteiger partial charge < -0.3 is 17.8 Å². The van der Waals surface area contributed by atoms with Crippen molar-refractivity contribution in [1.82, 2.24) is 10.8 Å². The average molecular weight is 252 g/mol. The number of aliphatic hydroxyl groups excluding tert-OH is 1. The predicted octanol–water partition coefficient (Wildman–Crippen LogP) is -0.930. The van der Waals surface area contributed by atoms with Gasteiger partial charge in [0.15, 0.2) is 0 Å². The van der Waals surface area contributed by atoms with E-state index in [9.17, 15) is 4.79 Å². The average Bonchev–Trinajstić information content (AvgIpc) is 2.08. The molecule has 0 aromatic rings. The zero-order chi connectivity index (χ0) is 10.1. The monoisotopic (exact) mass is 252 g/mol. The van der Waals surface area contributed by atoms with Gasteiger partial charge in [-0.25, -0.2) is 6.85 Å². The molecule has 0 rings (SSSR count). The Labute approximate surface area is 99.2 Å². The maximum atomic E-state index is 10.6. The van der Waals surface area contributed by atoms with Crippen LogP contribution in [0, 0.1) is 14.5 Å². The first kappa shape index (κ1) is 15.0. The Morgan fingerprint density at radius 3 is 2.25 bits per heavy atom. The fourth-order valence-electron chi connectivity index (χ4n) is 0.552. The fourth-order valence-corrected chi connectivity index (χ4v) is 0.552. The molecule has 0 bridgehead atoms. The summed E-state index contributed by atoms with van der Waals surface area (Å²) in [4.78, 5) is 10.6. The van der Waals surface area contributed by atoms with Gasteiger partial charge in [0, 0.05) is 32.7 Å². The Bertz CT molecular complexity index is 126. The van der Waals surface area contributed by atoms with E-state index in [0.717, 1.165) is 0 Å². The van der Waals surface area contributed by atoms with Gasteiger partial charge in [-0.1, -0.05) is 0 Å². The summed E-state index contributed by atoms with van der Waals surface area (Å²) in [5, 5.41) is 19.2. The zero-order valence-corrected chi connectivity index (χ0v) is 9.79. The third kappa shape index (κ3) is 6.02. The molecule has 5 nitrogen and oxygen atoms in total. The van der Waals surface area contributed by atoms with Gasteiger partial charge in [-0.15, -0.1) is 0 Å². The number of carbonyl (C=O) groups excluding carboxylic acids is 1. The molecule has 0 fully saturated rings. The number of hydrogen-bond donors (Lipinski definition) is 4. The summed E-state index contributed by atoms with van der Waals surface area (Å²) in [6.45, 7) is 1.41. The summed E-state index contributed by atoms with van der Waals surface area (Å²) in [6.07, 6.45) is -0.885. The number of rotatable bonds is 3. The van der Waals surface area contributed by atoms with Crippen molar-refractivity contribution in [2.24, 2.45) is 0 Å². The molecule has 4 N–H and O–H groups in total. The molecule has 0 aliphatic carbocycles. The molecule has 6 heteroatoms. The molecule has 12 heavy (non-hydrogen) atoms. The van der Waals surface area contributed by atoms with Crippen molar-refractivity contribution in [3.05, 3.63) is 14.5 Å². The first-order valence-electron chi connectivity index (χ1n) is 3.48. The van der Waals surface area contributed by atoms with Crippen LogP contribution in [0.5, 0.6) is 0 Å². The van der Waals surface area contributed by atoms with Gasteiger partial charge in [0.2, 0.25) is 0 Å². The Morgan fingerprint density at radius 1 is 1.75 bits per heavy atom. The van der Waals surface area contributed by atoms with Crippen LogP contribution in [0.15, 0.2) is 0 Å². The van der Waals surface area contributed by atoms with Crippen LogP contribution < -0.4 is 10.8 Å². The summed E-state index contributed by atoms with van der Waals surface area (Å²) < 4.78 is 5.50. The molecule has 1 radical (unpaired) electrons. The van der Waals surface area contributed by atoms with Gasteiger partial charge in [-0.2, -0.15) is 0 Å². The predicted molar refractivity (Wildman–Crippen MR) is 40.3 cm³/mol. The van der Waals surface area contributed by atoms with Gasteiger partial charge >= 0.3 is 0 Å². The molecular weight excluding hydrogens is 237 g/mol. The topological polar surface area (TPSA) is 81.6 Å². The van der Waals surface area contributed by atoms with Crippen LogP contribution in [0.4, 0.5) is 0 Å². The second kappa shape index (κ2) is 9.54. The largest absolute Gasteiger partial charge is 0.460 e. The standard InChI is InChI=1S/C5H11N2O3.CH3.Y/c1-3(8)4(6-2)5(9)7-10;;/h3-4,6,8,10H,2H2,1H3,(H,7,9);1H3;/q2*-1;/i;1D;. The number of nitrogens with one attached hydrogen (secondary N) is 2. The Hall–Kier alpha value is 0.454. The second-order valence-corrected chi connectivity index (χ2v) is 1.90. The van der Waals surface area contributed by atoms with Crippen molar-refractivity contribution in [2.45, 2.75) is 19.1 Å². The first-order valence-corrected chi connectivity index (χ1v) is 2.78. The fraction of sp³-hybridized carbons (Fsp3) is 0.500. The third-order valence-corrected chi connectivity index (χ3v) is 1.09. The minimum Gasteiger partial charge on any atom is -0.460 e. The number of amides is 1. The van der Waals surface area contributed by atoms with Crippen molar-refractivity contribution in [3.63, 3.8) is 0 Å². The van der Waals surface area contributed by atoms with Gasteiger partial charge in [0.25, 0.3) is 5.91 Å². The van der Waals surface area contributed by atoms with E-state index in [2.05, 4.69) is 19.8 Å². The summed E-state index contributed by atoms with van der Waals surface area (Å²) >= 11 is 0. The van der Waals surface area contributed by atoms with E-state index >= 15 is 0 Å². The molecule has 0 heterocycles. The van der Waals surface area contributed by atoms with Crippen molar-refractivity contribution in [2.75, 3.05) is 0 Å². The van der Waals surface area contributed by atoms with E-state index in [0.29, 0.717) is 0 Å². The Kier molecular flexibility index (Phi) is 11.9. The van der Waals surface area contributed by atoms with E-state index in [1.54, 1.807) is 0 Å². The number of aliphatic hydroxyl groups is 1. The summed E-state index contributed by atoms with van der Waals surface area (Å²) in [5.41, 5.74) is 1.40. The molecule has 0 aliphatic rings. The SMILES string of the molecule is [2H][CH2-].[CH2-]NC(C(=O)NO)C(C)O.[Y]. The van der Waals surface area contributed by atoms with Crippen LogP contribution in [0.1, 0.15) is 8.29 Å². The second-order valence-electron chi connectivity index (χ2n) is 1.90. The van der Waals surface area contributed by atoms with Crippen LogP contribution in [-0.4, -0.2) is 28.4 Å². The van der Waals surface area contributed by atoms with Crippen LogP contribution in [0.3, 0.4) is 0 Å². The molecule has 2 atom stereocenters. The van der Waals surface area contributed by atoms with Gasteiger partial charge in [-0.3, -0.25) is 17.0 Å². The number of hydrogen-bond acceptors (Lipinski definition) is 4. The molecule has 0 saturated heterocycles. The van der Waals surface area contributed by atoms with Crippen molar-refractivity contribution >= 4 is 5.91 Å². The quantitative estimate of drug-likeness (QED) is 0.297. The minimum atomic E-state index is -0.885. The molecule has 71 valence electrons. The molecule has 0 aliphatic heterocycles. The zero-order valence-electron chi connectivity index (χ0n) is 7.95. The van der Waals surface area contributed by atoms with E-state index in [1.807, 2.05) is 0 Å². The van der Waals surface area contributed by atoms with Gasteiger partial charge in [0.1, 0.15) is 0 Å². The maximum Gasteiger partial charge on any atom is 0.260 e. The van der Waals surface area contributed by atoms with E-state index in [4.69, 9.17) is 11.7 Å². The van der Waals surface area contributed by atoms with Crippen LogP contribution >= 0.6 is 0 Å². The van der Waals surface area contributed by atoms with Crippen LogP contribution in [0.25, 0.3) is 0 Å². The number of carbonyl (C=O) groups is 1. The third-order valence-electron chi connectivity index (χ3n) is 1.09. The number of hydroxylamine groups is 1. The van der Waals surface area contributed by atoms with Gasteiger partial charge in [-0.05, 0) is 6.92 Å². The molecule has 0 aromatic heterocycles. The van der Waals surface area contributed by atoms with Gasteiger partial charge in [0.05, 0.1) is 12.1 Å². The molecule has 0 spiro atoms. The van der Waals surface area contributed by atoms with E-state index in [1.165, 1.54) is 12.4 Å². The molecule has 2 unspecified atom stereocenters. The van der Waals surface area contributed by atoms with Crippen LogP contribution in [0.2, 0.25) is 0 Å². The normalized spacial score (nSPS) is 13.9. The summed E-state index contributed by atoms with van der Waals surface area (Å²) in [6, 6.07) is -0.870. The summed E-state index contributed by atoms with van der Waals surface area (Å²) in [5.74, 6) is -0.704. The minimum absolute atomic E-state index is 0. The Balaban J connectivity index is -0.000000309.